The maximum atomic E-state index is 11.5. The summed E-state index contributed by atoms with van der Waals surface area (Å²) < 4.78 is 7.37. The maximum Gasteiger partial charge on any atom is 0.226 e. The minimum absolute atomic E-state index is 0.0343. The van der Waals surface area contributed by atoms with E-state index < -0.39 is 0 Å². The van der Waals surface area contributed by atoms with Gasteiger partial charge in [0.05, 0.1) is 17.6 Å². The van der Waals surface area contributed by atoms with E-state index in [4.69, 9.17) is 4.74 Å². The van der Waals surface area contributed by atoms with Gasteiger partial charge in [-0.25, -0.2) is 4.98 Å². The number of aromatic nitrogens is 2. The van der Waals surface area contributed by atoms with Crippen LogP contribution in [0.5, 0.6) is 0 Å². The second-order valence-corrected chi connectivity index (χ2v) is 4.17. The number of amides is 1. The molecule has 0 saturated heterocycles. The van der Waals surface area contributed by atoms with Crippen molar-refractivity contribution in [1.82, 2.24) is 9.55 Å². The van der Waals surface area contributed by atoms with Crippen LogP contribution in [0.15, 0.2) is 24.3 Å². The van der Waals surface area contributed by atoms with Crippen molar-refractivity contribution < 1.29 is 9.53 Å². The molecule has 5 heteroatoms. The van der Waals surface area contributed by atoms with Gasteiger partial charge in [-0.2, -0.15) is 0 Å². The predicted molar refractivity (Wildman–Crippen MR) is 75.1 cm³/mol. The highest BCUT2D eigenvalue weighted by Crippen LogP contribution is 2.19. The van der Waals surface area contributed by atoms with Crippen LogP contribution in [-0.2, 0) is 16.1 Å². The summed E-state index contributed by atoms with van der Waals surface area (Å²) in [6.07, 6.45) is 0.439. The summed E-state index contributed by atoms with van der Waals surface area (Å²) in [6, 6.07) is 7.84. The minimum Gasteiger partial charge on any atom is -0.380 e. The zero-order valence-electron chi connectivity index (χ0n) is 11.3. The van der Waals surface area contributed by atoms with E-state index in [0.717, 1.165) is 11.0 Å². The highest BCUT2D eigenvalue weighted by molar-refractivity contribution is 5.91. The summed E-state index contributed by atoms with van der Waals surface area (Å²) in [5.41, 5.74) is 1.89. The summed E-state index contributed by atoms with van der Waals surface area (Å²) in [5.74, 6) is 0.556. The number of fused-ring (bicyclic) bond motifs is 1. The maximum absolute atomic E-state index is 11.5. The second kappa shape index (κ2) is 6.33. The first-order chi connectivity index (χ1) is 9.26. The van der Waals surface area contributed by atoms with Crippen LogP contribution in [0.2, 0.25) is 0 Å². The lowest BCUT2D eigenvalue weighted by molar-refractivity contribution is -0.115. The van der Waals surface area contributed by atoms with Crippen LogP contribution in [0.3, 0.4) is 0 Å². The molecule has 102 valence electrons. The first-order valence-electron chi connectivity index (χ1n) is 6.59. The molecular formula is C14H19N3O2. The summed E-state index contributed by atoms with van der Waals surface area (Å²) in [6.45, 7) is 5.75. The first kappa shape index (κ1) is 13.5. The van der Waals surface area contributed by atoms with E-state index in [0.29, 0.717) is 32.1 Å². The molecule has 0 atom stereocenters. The topological polar surface area (TPSA) is 56.1 Å². The standard InChI is InChI=1S/C14H19N3O2/c1-3-13(18)16-14-15-11-7-5-6-8-12(11)17(14)9-10-19-4-2/h5-8H,3-4,9-10H2,1-2H3,(H,15,16,18). The number of nitrogens with zero attached hydrogens (tertiary/aromatic N) is 2. The Morgan fingerprint density at radius 2 is 2.16 bits per heavy atom. The highest BCUT2D eigenvalue weighted by atomic mass is 16.5. The SMILES string of the molecule is CCOCCn1c(NC(=O)CC)nc2ccccc21. The Morgan fingerprint density at radius 3 is 2.89 bits per heavy atom. The molecular weight excluding hydrogens is 242 g/mol. The van der Waals surface area contributed by atoms with E-state index in [9.17, 15) is 4.79 Å². The number of rotatable bonds is 6. The van der Waals surface area contributed by atoms with E-state index in [1.165, 1.54) is 0 Å². The summed E-state index contributed by atoms with van der Waals surface area (Å²) in [5, 5.41) is 2.83. The van der Waals surface area contributed by atoms with Crippen LogP contribution in [0.4, 0.5) is 5.95 Å². The van der Waals surface area contributed by atoms with Crippen LogP contribution >= 0.6 is 0 Å². The third-order valence-corrected chi connectivity index (χ3v) is 2.89. The van der Waals surface area contributed by atoms with Crippen molar-refractivity contribution >= 4 is 22.9 Å². The quantitative estimate of drug-likeness (QED) is 0.812. The van der Waals surface area contributed by atoms with Gasteiger partial charge in [-0.1, -0.05) is 19.1 Å². The molecule has 0 saturated carbocycles. The fourth-order valence-electron chi connectivity index (χ4n) is 1.91. The molecule has 0 aliphatic heterocycles. The Hall–Kier alpha value is -1.88. The highest BCUT2D eigenvalue weighted by Gasteiger charge is 2.11. The van der Waals surface area contributed by atoms with E-state index in [1.54, 1.807) is 0 Å². The van der Waals surface area contributed by atoms with Crippen molar-refractivity contribution in [1.29, 1.82) is 0 Å². The van der Waals surface area contributed by atoms with Crippen molar-refractivity contribution in [2.75, 3.05) is 18.5 Å². The Bertz CT molecular complexity index is 563. The molecule has 0 unspecified atom stereocenters. The van der Waals surface area contributed by atoms with E-state index >= 15 is 0 Å². The Kier molecular flexibility index (Phi) is 4.52. The van der Waals surface area contributed by atoms with Crippen molar-refractivity contribution in [2.24, 2.45) is 0 Å². The van der Waals surface area contributed by atoms with Crippen molar-refractivity contribution in [3.63, 3.8) is 0 Å². The third-order valence-electron chi connectivity index (χ3n) is 2.89. The summed E-state index contributed by atoms with van der Waals surface area (Å²) >= 11 is 0. The van der Waals surface area contributed by atoms with Crippen molar-refractivity contribution in [2.45, 2.75) is 26.8 Å². The number of nitrogens with one attached hydrogen (secondary N) is 1. The lowest BCUT2D eigenvalue weighted by Gasteiger charge is -2.09. The molecule has 1 heterocycles. The van der Waals surface area contributed by atoms with Gasteiger partial charge in [-0.3, -0.25) is 10.1 Å². The largest absolute Gasteiger partial charge is 0.380 e. The molecule has 2 rings (SSSR count). The number of anilines is 1. The predicted octanol–water partition coefficient (Wildman–Crippen LogP) is 2.42. The molecule has 0 aliphatic carbocycles. The molecule has 0 radical (unpaired) electrons. The Balaban J connectivity index is 2.31. The van der Waals surface area contributed by atoms with E-state index in [1.807, 2.05) is 42.7 Å². The fourth-order valence-corrected chi connectivity index (χ4v) is 1.91. The van der Waals surface area contributed by atoms with Crippen molar-refractivity contribution in [3.8, 4) is 0 Å². The van der Waals surface area contributed by atoms with Crippen LogP contribution in [0, 0.1) is 0 Å². The van der Waals surface area contributed by atoms with Crippen LogP contribution in [0.1, 0.15) is 20.3 Å². The monoisotopic (exact) mass is 261 g/mol. The number of imidazole rings is 1. The molecule has 1 amide bonds. The van der Waals surface area contributed by atoms with Gasteiger partial charge in [0.1, 0.15) is 0 Å². The van der Waals surface area contributed by atoms with Gasteiger partial charge >= 0.3 is 0 Å². The van der Waals surface area contributed by atoms with Crippen LogP contribution in [-0.4, -0.2) is 28.7 Å². The molecule has 1 aromatic heterocycles. The molecule has 0 fully saturated rings. The summed E-state index contributed by atoms with van der Waals surface area (Å²) in [7, 11) is 0. The number of para-hydroxylation sites is 2. The van der Waals surface area contributed by atoms with E-state index in [-0.39, 0.29) is 5.91 Å². The smallest absolute Gasteiger partial charge is 0.226 e. The number of benzene rings is 1. The number of hydrogen-bond donors (Lipinski definition) is 1. The van der Waals surface area contributed by atoms with Gasteiger partial charge in [0.15, 0.2) is 0 Å². The minimum atomic E-state index is -0.0343. The summed E-state index contributed by atoms with van der Waals surface area (Å²) in [4.78, 5) is 16.0. The molecule has 1 aromatic carbocycles. The van der Waals surface area contributed by atoms with Gasteiger partial charge in [-0.05, 0) is 19.1 Å². The van der Waals surface area contributed by atoms with Gasteiger partial charge in [0.2, 0.25) is 11.9 Å². The Labute approximate surface area is 112 Å². The van der Waals surface area contributed by atoms with Crippen LogP contribution < -0.4 is 5.32 Å². The molecule has 0 bridgehead atoms. The first-order valence-corrected chi connectivity index (χ1v) is 6.59. The average Bonchev–Trinajstić information content (AvgIpc) is 2.77. The fraction of sp³-hybridized carbons (Fsp3) is 0.429. The number of ether oxygens (including phenoxy) is 1. The second-order valence-electron chi connectivity index (χ2n) is 4.17. The molecule has 5 nitrogen and oxygen atoms in total. The van der Waals surface area contributed by atoms with Gasteiger partial charge in [0, 0.05) is 19.6 Å². The average molecular weight is 261 g/mol. The van der Waals surface area contributed by atoms with E-state index in [2.05, 4.69) is 10.3 Å². The zero-order chi connectivity index (χ0) is 13.7. The third kappa shape index (κ3) is 3.12. The molecule has 0 spiro atoms. The molecule has 19 heavy (non-hydrogen) atoms. The normalized spacial score (nSPS) is 10.8. The number of hydrogen-bond acceptors (Lipinski definition) is 3. The van der Waals surface area contributed by atoms with Gasteiger partial charge in [-0.15, -0.1) is 0 Å². The van der Waals surface area contributed by atoms with Crippen LogP contribution in [0.25, 0.3) is 11.0 Å². The lowest BCUT2D eigenvalue weighted by Crippen LogP contribution is -2.16. The zero-order valence-corrected chi connectivity index (χ0v) is 11.3. The van der Waals surface area contributed by atoms with Crippen molar-refractivity contribution in [3.05, 3.63) is 24.3 Å². The molecule has 0 aliphatic rings. The Morgan fingerprint density at radius 1 is 1.37 bits per heavy atom. The number of carbonyl (C=O) groups is 1. The van der Waals surface area contributed by atoms with Gasteiger partial charge < -0.3 is 9.30 Å². The van der Waals surface area contributed by atoms with Gasteiger partial charge in [0.25, 0.3) is 0 Å². The molecule has 1 N–H and O–H groups in total. The molecule has 2 aromatic rings. The number of carbonyl (C=O) groups excluding carboxylic acids is 1. The lowest BCUT2D eigenvalue weighted by atomic mass is 10.3.